The molecule has 0 aliphatic heterocycles. The number of ether oxygens (including phenoxy) is 1. The van der Waals surface area contributed by atoms with Crippen LogP contribution in [0.4, 0.5) is 0 Å². The van der Waals surface area contributed by atoms with Crippen LogP contribution >= 0.6 is 15.9 Å². The van der Waals surface area contributed by atoms with Crippen molar-refractivity contribution in [3.05, 3.63) is 46.5 Å². The minimum absolute atomic E-state index is 0.256. The van der Waals surface area contributed by atoms with Crippen molar-refractivity contribution in [1.82, 2.24) is 14.9 Å². The molecule has 1 atom stereocenters. The Hall–Kier alpha value is -1.33. The standard InChI is InChI=1S/C15H20BrN3O/c1-11(17-2)13-5-4-12(16)10-14(13)20-9-6-15-18-7-8-19(15)3/h4-5,7-8,10-11,17H,6,9H2,1-3H3. The lowest BCUT2D eigenvalue weighted by molar-refractivity contribution is 0.311. The fourth-order valence-corrected chi connectivity index (χ4v) is 2.38. The molecule has 1 heterocycles. The molecule has 4 nitrogen and oxygen atoms in total. The highest BCUT2D eigenvalue weighted by Crippen LogP contribution is 2.28. The summed E-state index contributed by atoms with van der Waals surface area (Å²) in [5.74, 6) is 1.94. The lowest BCUT2D eigenvalue weighted by atomic mass is 10.1. The largest absolute Gasteiger partial charge is 0.493 e. The van der Waals surface area contributed by atoms with E-state index in [-0.39, 0.29) is 6.04 Å². The molecule has 20 heavy (non-hydrogen) atoms. The summed E-state index contributed by atoms with van der Waals surface area (Å²) < 4.78 is 8.99. The Balaban J connectivity index is 2.04. The predicted octanol–water partition coefficient (Wildman–Crippen LogP) is 3.08. The Labute approximate surface area is 128 Å². The van der Waals surface area contributed by atoms with Crippen molar-refractivity contribution < 1.29 is 4.74 Å². The van der Waals surface area contributed by atoms with Gasteiger partial charge in [0.1, 0.15) is 11.6 Å². The van der Waals surface area contributed by atoms with E-state index in [1.54, 1.807) is 0 Å². The van der Waals surface area contributed by atoms with Gasteiger partial charge in [-0.2, -0.15) is 0 Å². The third kappa shape index (κ3) is 3.61. The number of benzene rings is 1. The first kappa shape index (κ1) is 15.1. The van der Waals surface area contributed by atoms with Gasteiger partial charge < -0.3 is 14.6 Å². The summed E-state index contributed by atoms with van der Waals surface area (Å²) >= 11 is 3.49. The van der Waals surface area contributed by atoms with Crippen LogP contribution in [0.25, 0.3) is 0 Å². The second-order valence-electron chi connectivity index (χ2n) is 4.75. The molecule has 1 aromatic carbocycles. The number of nitrogens with zero attached hydrogens (tertiary/aromatic N) is 2. The first-order valence-electron chi connectivity index (χ1n) is 6.67. The van der Waals surface area contributed by atoms with Crippen LogP contribution in [0.2, 0.25) is 0 Å². The zero-order chi connectivity index (χ0) is 14.5. The molecule has 1 N–H and O–H groups in total. The van der Waals surface area contributed by atoms with E-state index < -0.39 is 0 Å². The molecule has 0 bridgehead atoms. The van der Waals surface area contributed by atoms with E-state index in [4.69, 9.17) is 4.74 Å². The first-order valence-corrected chi connectivity index (χ1v) is 7.47. The molecule has 0 aliphatic rings. The quantitative estimate of drug-likeness (QED) is 0.880. The number of imidazole rings is 1. The third-order valence-electron chi connectivity index (χ3n) is 3.38. The molecular weight excluding hydrogens is 318 g/mol. The summed E-state index contributed by atoms with van der Waals surface area (Å²) in [6.07, 6.45) is 4.55. The van der Waals surface area contributed by atoms with Gasteiger partial charge in [0.05, 0.1) is 6.61 Å². The number of aromatic nitrogens is 2. The van der Waals surface area contributed by atoms with Crippen molar-refractivity contribution in [2.24, 2.45) is 7.05 Å². The van der Waals surface area contributed by atoms with E-state index in [1.807, 2.05) is 43.2 Å². The number of hydrogen-bond donors (Lipinski definition) is 1. The van der Waals surface area contributed by atoms with E-state index in [1.165, 1.54) is 0 Å². The smallest absolute Gasteiger partial charge is 0.125 e. The zero-order valence-electron chi connectivity index (χ0n) is 12.1. The number of hydrogen-bond acceptors (Lipinski definition) is 3. The van der Waals surface area contributed by atoms with Gasteiger partial charge in [-0.1, -0.05) is 22.0 Å². The highest BCUT2D eigenvalue weighted by atomic mass is 79.9. The summed E-state index contributed by atoms with van der Waals surface area (Å²) in [6, 6.07) is 6.39. The molecule has 0 radical (unpaired) electrons. The second kappa shape index (κ2) is 6.90. The van der Waals surface area contributed by atoms with Crippen LogP contribution in [0.1, 0.15) is 24.4 Å². The molecule has 5 heteroatoms. The maximum Gasteiger partial charge on any atom is 0.125 e. The van der Waals surface area contributed by atoms with E-state index in [0.717, 1.165) is 28.0 Å². The van der Waals surface area contributed by atoms with E-state index >= 15 is 0 Å². The molecule has 0 amide bonds. The summed E-state index contributed by atoms with van der Waals surface area (Å²) in [5, 5.41) is 3.24. The SMILES string of the molecule is CNC(C)c1ccc(Br)cc1OCCc1nccn1C. The molecule has 1 aromatic heterocycles. The average Bonchev–Trinajstić information content (AvgIpc) is 2.84. The minimum Gasteiger partial charge on any atom is -0.493 e. The monoisotopic (exact) mass is 337 g/mol. The predicted molar refractivity (Wildman–Crippen MR) is 84.0 cm³/mol. The van der Waals surface area contributed by atoms with Crippen LogP contribution in [0.5, 0.6) is 5.75 Å². The fourth-order valence-electron chi connectivity index (χ4n) is 2.04. The second-order valence-corrected chi connectivity index (χ2v) is 5.66. The maximum atomic E-state index is 5.95. The molecule has 0 saturated carbocycles. The first-order chi connectivity index (χ1) is 9.61. The van der Waals surface area contributed by atoms with Crippen molar-refractivity contribution in [2.75, 3.05) is 13.7 Å². The van der Waals surface area contributed by atoms with Crippen LogP contribution in [0, 0.1) is 0 Å². The summed E-state index contributed by atoms with van der Waals surface area (Å²) in [6.45, 7) is 2.74. The van der Waals surface area contributed by atoms with Crippen molar-refractivity contribution in [1.29, 1.82) is 0 Å². The Morgan fingerprint density at radius 3 is 2.90 bits per heavy atom. The van der Waals surface area contributed by atoms with Crippen LogP contribution in [0.15, 0.2) is 35.1 Å². The van der Waals surface area contributed by atoms with Gasteiger partial charge in [0.2, 0.25) is 0 Å². The van der Waals surface area contributed by atoms with Crippen LogP contribution < -0.4 is 10.1 Å². The normalized spacial score (nSPS) is 12.4. The van der Waals surface area contributed by atoms with Crippen molar-refractivity contribution >= 4 is 15.9 Å². The Morgan fingerprint density at radius 1 is 1.45 bits per heavy atom. The van der Waals surface area contributed by atoms with Gasteiger partial charge in [0, 0.05) is 41.9 Å². The van der Waals surface area contributed by atoms with Gasteiger partial charge in [-0.3, -0.25) is 0 Å². The van der Waals surface area contributed by atoms with Crippen LogP contribution in [-0.4, -0.2) is 23.2 Å². The molecule has 0 aliphatic carbocycles. The van der Waals surface area contributed by atoms with E-state index in [9.17, 15) is 0 Å². The molecular formula is C15H20BrN3O. The average molecular weight is 338 g/mol. The number of nitrogens with one attached hydrogen (secondary N) is 1. The highest BCUT2D eigenvalue weighted by Gasteiger charge is 2.11. The number of rotatable bonds is 6. The topological polar surface area (TPSA) is 39.1 Å². The van der Waals surface area contributed by atoms with Crippen LogP contribution in [-0.2, 0) is 13.5 Å². The molecule has 108 valence electrons. The highest BCUT2D eigenvalue weighted by molar-refractivity contribution is 9.10. The van der Waals surface area contributed by atoms with Gasteiger partial charge in [-0.15, -0.1) is 0 Å². The van der Waals surface area contributed by atoms with Crippen molar-refractivity contribution in [3.8, 4) is 5.75 Å². The molecule has 2 aromatic rings. The van der Waals surface area contributed by atoms with Gasteiger partial charge in [-0.25, -0.2) is 4.98 Å². The van der Waals surface area contributed by atoms with E-state index in [0.29, 0.717) is 6.61 Å². The van der Waals surface area contributed by atoms with Gasteiger partial charge in [0.15, 0.2) is 0 Å². The minimum atomic E-state index is 0.256. The Kier molecular flexibility index (Phi) is 5.20. The van der Waals surface area contributed by atoms with E-state index in [2.05, 4.69) is 39.2 Å². The lowest BCUT2D eigenvalue weighted by Gasteiger charge is -2.17. The Bertz CT molecular complexity index is 568. The molecule has 0 saturated heterocycles. The zero-order valence-corrected chi connectivity index (χ0v) is 13.6. The summed E-state index contributed by atoms with van der Waals surface area (Å²) in [4.78, 5) is 4.30. The molecule has 0 fully saturated rings. The van der Waals surface area contributed by atoms with Gasteiger partial charge in [-0.05, 0) is 26.1 Å². The number of aryl methyl sites for hydroxylation is 1. The fraction of sp³-hybridized carbons (Fsp3) is 0.400. The Morgan fingerprint density at radius 2 is 2.25 bits per heavy atom. The maximum absolute atomic E-state index is 5.95. The van der Waals surface area contributed by atoms with Crippen molar-refractivity contribution in [2.45, 2.75) is 19.4 Å². The lowest BCUT2D eigenvalue weighted by Crippen LogP contribution is -2.14. The number of halogens is 1. The van der Waals surface area contributed by atoms with Gasteiger partial charge >= 0.3 is 0 Å². The molecule has 2 rings (SSSR count). The third-order valence-corrected chi connectivity index (χ3v) is 3.87. The summed E-state index contributed by atoms with van der Waals surface area (Å²) in [5.41, 5.74) is 1.16. The molecule has 0 spiro atoms. The molecule has 1 unspecified atom stereocenters. The van der Waals surface area contributed by atoms with Crippen LogP contribution in [0.3, 0.4) is 0 Å². The van der Waals surface area contributed by atoms with Crippen molar-refractivity contribution in [3.63, 3.8) is 0 Å². The van der Waals surface area contributed by atoms with Gasteiger partial charge in [0.25, 0.3) is 0 Å². The summed E-state index contributed by atoms with van der Waals surface area (Å²) in [7, 11) is 3.94.